The Morgan fingerprint density at radius 3 is 2.82 bits per heavy atom. The number of rotatable bonds is 3. The van der Waals surface area contributed by atoms with E-state index in [4.69, 9.17) is 4.74 Å². The molecule has 0 aliphatic carbocycles. The minimum absolute atomic E-state index is 0.460. The summed E-state index contributed by atoms with van der Waals surface area (Å²) < 4.78 is 5.78. The second-order valence-electron chi connectivity index (χ2n) is 5.49. The molecule has 1 aliphatic heterocycles. The van der Waals surface area contributed by atoms with Crippen molar-refractivity contribution in [2.45, 2.75) is 40.2 Å². The van der Waals surface area contributed by atoms with E-state index >= 15 is 0 Å². The van der Waals surface area contributed by atoms with Crippen molar-refractivity contribution < 1.29 is 4.74 Å². The molecule has 2 nitrogen and oxygen atoms in total. The lowest BCUT2D eigenvalue weighted by Crippen LogP contribution is -2.30. The smallest absolute Gasteiger partial charge is 0.124 e. The van der Waals surface area contributed by atoms with E-state index in [1.165, 1.54) is 16.7 Å². The van der Waals surface area contributed by atoms with Crippen LogP contribution in [0, 0.1) is 19.8 Å². The van der Waals surface area contributed by atoms with Gasteiger partial charge in [0.05, 0.1) is 6.61 Å². The van der Waals surface area contributed by atoms with E-state index in [-0.39, 0.29) is 0 Å². The van der Waals surface area contributed by atoms with Crippen molar-refractivity contribution in [3.8, 4) is 5.75 Å². The van der Waals surface area contributed by atoms with Crippen LogP contribution in [0.15, 0.2) is 12.1 Å². The van der Waals surface area contributed by atoms with Gasteiger partial charge >= 0.3 is 0 Å². The Morgan fingerprint density at radius 1 is 1.35 bits per heavy atom. The van der Waals surface area contributed by atoms with E-state index in [1.807, 2.05) is 0 Å². The Kier molecular flexibility index (Phi) is 3.72. The van der Waals surface area contributed by atoms with Gasteiger partial charge in [0, 0.05) is 18.0 Å². The molecule has 0 fully saturated rings. The van der Waals surface area contributed by atoms with Gasteiger partial charge in [-0.15, -0.1) is 0 Å². The zero-order valence-corrected chi connectivity index (χ0v) is 11.3. The van der Waals surface area contributed by atoms with Gasteiger partial charge in [0.15, 0.2) is 0 Å². The molecule has 0 amide bonds. The molecule has 0 spiro atoms. The third-order valence-corrected chi connectivity index (χ3v) is 3.28. The molecule has 1 N–H and O–H groups in total. The van der Waals surface area contributed by atoms with Gasteiger partial charge in [-0.3, -0.25) is 0 Å². The third kappa shape index (κ3) is 2.81. The van der Waals surface area contributed by atoms with Crippen molar-refractivity contribution in [3.05, 3.63) is 28.8 Å². The van der Waals surface area contributed by atoms with Gasteiger partial charge in [0.25, 0.3) is 0 Å². The average molecular weight is 233 g/mol. The van der Waals surface area contributed by atoms with E-state index < -0.39 is 0 Å². The Morgan fingerprint density at radius 2 is 2.12 bits per heavy atom. The molecular formula is C15H23NO. The van der Waals surface area contributed by atoms with E-state index in [9.17, 15) is 0 Å². The fourth-order valence-electron chi connectivity index (χ4n) is 2.52. The normalized spacial score (nSPS) is 19.0. The van der Waals surface area contributed by atoms with Crippen molar-refractivity contribution in [1.29, 1.82) is 0 Å². The fourth-order valence-corrected chi connectivity index (χ4v) is 2.52. The van der Waals surface area contributed by atoms with Crippen LogP contribution in [0.4, 0.5) is 0 Å². The quantitative estimate of drug-likeness (QED) is 0.864. The van der Waals surface area contributed by atoms with Gasteiger partial charge in [0.2, 0.25) is 0 Å². The van der Waals surface area contributed by atoms with Crippen LogP contribution in [0.25, 0.3) is 0 Å². The largest absolute Gasteiger partial charge is 0.493 e. The van der Waals surface area contributed by atoms with E-state index in [0.717, 1.165) is 25.3 Å². The summed E-state index contributed by atoms with van der Waals surface area (Å²) in [7, 11) is 0. The van der Waals surface area contributed by atoms with Gasteiger partial charge in [-0.2, -0.15) is 0 Å². The lowest BCUT2D eigenvalue weighted by Gasteiger charge is -2.29. The molecule has 1 aromatic carbocycles. The van der Waals surface area contributed by atoms with Crippen LogP contribution in [0.3, 0.4) is 0 Å². The Hall–Kier alpha value is -1.02. The van der Waals surface area contributed by atoms with Gasteiger partial charge in [0.1, 0.15) is 5.75 Å². The number of fused-ring (bicyclic) bond motifs is 1. The second-order valence-corrected chi connectivity index (χ2v) is 5.49. The summed E-state index contributed by atoms with van der Waals surface area (Å²) in [5, 5.41) is 3.66. The van der Waals surface area contributed by atoms with E-state index in [2.05, 4.69) is 45.1 Å². The van der Waals surface area contributed by atoms with Crippen molar-refractivity contribution in [2.75, 3.05) is 13.2 Å². The molecule has 0 bridgehead atoms. The summed E-state index contributed by atoms with van der Waals surface area (Å²) in [6.45, 7) is 10.7. The summed E-state index contributed by atoms with van der Waals surface area (Å²) in [6, 6.07) is 4.87. The van der Waals surface area contributed by atoms with Crippen LogP contribution < -0.4 is 10.1 Å². The molecule has 94 valence electrons. The molecule has 0 saturated heterocycles. The zero-order chi connectivity index (χ0) is 12.4. The van der Waals surface area contributed by atoms with E-state index in [0.29, 0.717) is 12.0 Å². The van der Waals surface area contributed by atoms with Gasteiger partial charge < -0.3 is 10.1 Å². The van der Waals surface area contributed by atoms with Gasteiger partial charge in [-0.25, -0.2) is 0 Å². The topological polar surface area (TPSA) is 21.3 Å². The van der Waals surface area contributed by atoms with Crippen LogP contribution in [0.1, 0.15) is 43.0 Å². The highest BCUT2D eigenvalue weighted by molar-refractivity contribution is 5.46. The predicted molar refractivity (Wildman–Crippen MR) is 71.6 cm³/mol. The van der Waals surface area contributed by atoms with Crippen LogP contribution >= 0.6 is 0 Å². The molecule has 1 aliphatic rings. The first kappa shape index (κ1) is 12.4. The van der Waals surface area contributed by atoms with Crippen LogP contribution in [-0.2, 0) is 0 Å². The maximum Gasteiger partial charge on any atom is 0.124 e. The highest BCUT2D eigenvalue weighted by atomic mass is 16.5. The van der Waals surface area contributed by atoms with Crippen LogP contribution in [0.5, 0.6) is 5.75 Å². The van der Waals surface area contributed by atoms with Crippen molar-refractivity contribution in [2.24, 2.45) is 5.92 Å². The Bertz CT molecular complexity index is 398. The lowest BCUT2D eigenvalue weighted by atomic mass is 9.94. The summed E-state index contributed by atoms with van der Waals surface area (Å²) in [4.78, 5) is 0. The standard InChI is InChI=1S/C15H23NO/c1-10(2)9-16-13-5-6-17-14-8-11(3)7-12(4)15(13)14/h7-8,10,13,16H,5-6,9H2,1-4H3. The highest BCUT2D eigenvalue weighted by Gasteiger charge is 2.23. The monoisotopic (exact) mass is 233 g/mol. The summed E-state index contributed by atoms with van der Waals surface area (Å²) >= 11 is 0. The SMILES string of the molecule is Cc1cc(C)c2c(c1)OCCC2NCC(C)C. The van der Waals surface area contributed by atoms with Crippen molar-refractivity contribution >= 4 is 0 Å². The summed E-state index contributed by atoms with van der Waals surface area (Å²) in [5.41, 5.74) is 3.99. The predicted octanol–water partition coefficient (Wildman–Crippen LogP) is 3.37. The first-order valence-electron chi connectivity index (χ1n) is 6.55. The Balaban J connectivity index is 2.24. The lowest BCUT2D eigenvalue weighted by molar-refractivity contribution is 0.249. The molecule has 0 aromatic heterocycles. The number of ether oxygens (including phenoxy) is 1. The second kappa shape index (κ2) is 5.09. The summed E-state index contributed by atoms with van der Waals surface area (Å²) in [6.07, 6.45) is 1.07. The first-order valence-corrected chi connectivity index (χ1v) is 6.55. The minimum atomic E-state index is 0.460. The maximum absolute atomic E-state index is 5.78. The zero-order valence-electron chi connectivity index (χ0n) is 11.3. The molecule has 1 heterocycles. The molecule has 1 atom stereocenters. The molecule has 1 unspecified atom stereocenters. The maximum atomic E-state index is 5.78. The van der Waals surface area contributed by atoms with Gasteiger partial charge in [-0.1, -0.05) is 19.9 Å². The number of aryl methyl sites for hydroxylation is 2. The van der Waals surface area contributed by atoms with Crippen LogP contribution in [0.2, 0.25) is 0 Å². The number of hydrogen-bond acceptors (Lipinski definition) is 2. The molecule has 0 saturated carbocycles. The number of nitrogens with one attached hydrogen (secondary N) is 1. The minimum Gasteiger partial charge on any atom is -0.493 e. The van der Waals surface area contributed by atoms with Crippen molar-refractivity contribution in [1.82, 2.24) is 5.32 Å². The molecule has 2 rings (SSSR count). The molecule has 17 heavy (non-hydrogen) atoms. The van der Waals surface area contributed by atoms with E-state index in [1.54, 1.807) is 0 Å². The van der Waals surface area contributed by atoms with Crippen molar-refractivity contribution in [3.63, 3.8) is 0 Å². The molecule has 1 aromatic rings. The van der Waals surface area contributed by atoms with Gasteiger partial charge in [-0.05, 0) is 43.5 Å². The molecule has 0 radical (unpaired) electrons. The average Bonchev–Trinajstić information content (AvgIpc) is 2.25. The third-order valence-electron chi connectivity index (χ3n) is 3.28. The number of hydrogen-bond donors (Lipinski definition) is 1. The fraction of sp³-hybridized carbons (Fsp3) is 0.600. The highest BCUT2D eigenvalue weighted by Crippen LogP contribution is 2.35. The Labute approximate surface area is 104 Å². The summed E-state index contributed by atoms with van der Waals surface area (Å²) in [5.74, 6) is 1.77. The molecule has 2 heteroatoms. The first-order chi connectivity index (χ1) is 8.08. The number of benzene rings is 1. The molecular weight excluding hydrogens is 210 g/mol. The van der Waals surface area contributed by atoms with Crippen LogP contribution in [-0.4, -0.2) is 13.2 Å².